The third kappa shape index (κ3) is 2.28. The summed E-state index contributed by atoms with van der Waals surface area (Å²) in [4.78, 5) is 14.2. The van der Waals surface area contributed by atoms with E-state index in [0.717, 1.165) is 0 Å². The van der Waals surface area contributed by atoms with Gasteiger partial charge in [-0.25, -0.2) is 4.39 Å². The lowest BCUT2D eigenvalue weighted by atomic mass is 10.0. The van der Waals surface area contributed by atoms with Gasteiger partial charge in [0.15, 0.2) is 5.60 Å². The highest BCUT2D eigenvalue weighted by molar-refractivity contribution is 6.04. The zero-order chi connectivity index (χ0) is 15.9. The number of anilines is 2. The molecule has 0 unspecified atom stereocenters. The molecule has 22 heavy (non-hydrogen) atoms. The first kappa shape index (κ1) is 14.4. The van der Waals surface area contributed by atoms with Gasteiger partial charge in [-0.1, -0.05) is 24.3 Å². The Labute approximate surface area is 128 Å². The minimum absolute atomic E-state index is 0.111. The van der Waals surface area contributed by atoms with Gasteiger partial charge in [0.1, 0.15) is 17.3 Å². The molecule has 0 radical (unpaired) electrons. The fourth-order valence-electron chi connectivity index (χ4n) is 2.60. The summed E-state index contributed by atoms with van der Waals surface area (Å²) < 4.78 is 19.7. The standard InChI is InChI=1S/C17H17FN2O2/c1-17(2)16(21)20(10-11-6-3-4-7-12(11)18)15-13(19)8-5-9-14(15)22-17/h3-9H,10,19H2,1-2H3. The van der Waals surface area contributed by atoms with E-state index in [2.05, 4.69) is 0 Å². The number of carbonyl (C=O) groups is 1. The van der Waals surface area contributed by atoms with Crippen molar-refractivity contribution in [3.8, 4) is 5.75 Å². The maximum absolute atomic E-state index is 13.9. The van der Waals surface area contributed by atoms with E-state index < -0.39 is 5.60 Å². The quantitative estimate of drug-likeness (QED) is 0.867. The second kappa shape index (κ2) is 5.02. The molecule has 0 fully saturated rings. The highest BCUT2D eigenvalue weighted by Crippen LogP contribution is 2.42. The molecule has 1 heterocycles. The van der Waals surface area contributed by atoms with E-state index in [-0.39, 0.29) is 18.3 Å². The van der Waals surface area contributed by atoms with E-state index in [1.165, 1.54) is 11.0 Å². The van der Waals surface area contributed by atoms with Crippen molar-refractivity contribution in [1.82, 2.24) is 0 Å². The van der Waals surface area contributed by atoms with Crippen LogP contribution in [0.2, 0.25) is 0 Å². The first-order chi connectivity index (χ1) is 10.4. The van der Waals surface area contributed by atoms with Gasteiger partial charge in [-0.05, 0) is 32.0 Å². The number of carbonyl (C=O) groups excluding carboxylic acids is 1. The predicted molar refractivity (Wildman–Crippen MR) is 83.2 cm³/mol. The van der Waals surface area contributed by atoms with Gasteiger partial charge in [-0.15, -0.1) is 0 Å². The number of hydrogen-bond acceptors (Lipinski definition) is 3. The molecule has 1 aliphatic rings. The summed E-state index contributed by atoms with van der Waals surface area (Å²) in [7, 11) is 0. The van der Waals surface area contributed by atoms with Crippen LogP contribution in [-0.2, 0) is 11.3 Å². The molecule has 0 atom stereocenters. The average Bonchev–Trinajstić information content (AvgIpc) is 2.45. The molecule has 114 valence electrons. The zero-order valence-electron chi connectivity index (χ0n) is 12.5. The van der Waals surface area contributed by atoms with Crippen LogP contribution < -0.4 is 15.4 Å². The smallest absolute Gasteiger partial charge is 0.271 e. The molecule has 0 bridgehead atoms. The van der Waals surface area contributed by atoms with Gasteiger partial charge in [0.05, 0.1) is 12.2 Å². The van der Waals surface area contributed by atoms with Crippen molar-refractivity contribution < 1.29 is 13.9 Å². The van der Waals surface area contributed by atoms with Crippen LogP contribution in [0.3, 0.4) is 0 Å². The maximum Gasteiger partial charge on any atom is 0.271 e. The largest absolute Gasteiger partial charge is 0.476 e. The molecule has 0 saturated heterocycles. The normalized spacial score (nSPS) is 16.1. The molecular formula is C17H17FN2O2. The molecule has 5 heteroatoms. The first-order valence-corrected chi connectivity index (χ1v) is 7.03. The molecule has 2 aromatic rings. The second-order valence-electron chi connectivity index (χ2n) is 5.79. The minimum Gasteiger partial charge on any atom is -0.476 e. The maximum atomic E-state index is 13.9. The molecule has 0 spiro atoms. The monoisotopic (exact) mass is 300 g/mol. The SMILES string of the molecule is CC1(C)Oc2cccc(N)c2N(Cc2ccccc2F)C1=O. The topological polar surface area (TPSA) is 55.6 Å². The van der Waals surface area contributed by atoms with Crippen LogP contribution >= 0.6 is 0 Å². The van der Waals surface area contributed by atoms with Crippen molar-refractivity contribution >= 4 is 17.3 Å². The summed E-state index contributed by atoms with van der Waals surface area (Å²) in [6, 6.07) is 11.6. The van der Waals surface area contributed by atoms with E-state index in [9.17, 15) is 9.18 Å². The highest BCUT2D eigenvalue weighted by atomic mass is 19.1. The Morgan fingerprint density at radius 3 is 2.64 bits per heavy atom. The van der Waals surface area contributed by atoms with Crippen LogP contribution in [-0.4, -0.2) is 11.5 Å². The number of fused-ring (bicyclic) bond motifs is 1. The first-order valence-electron chi connectivity index (χ1n) is 7.03. The molecular weight excluding hydrogens is 283 g/mol. The Morgan fingerprint density at radius 1 is 1.18 bits per heavy atom. The molecule has 0 saturated carbocycles. The van der Waals surface area contributed by atoms with Crippen LogP contribution in [0.1, 0.15) is 19.4 Å². The number of rotatable bonds is 2. The molecule has 3 rings (SSSR count). The lowest BCUT2D eigenvalue weighted by Gasteiger charge is -2.39. The van der Waals surface area contributed by atoms with Gasteiger partial charge in [-0.3, -0.25) is 9.69 Å². The Bertz CT molecular complexity index is 743. The van der Waals surface area contributed by atoms with Crippen molar-refractivity contribution in [1.29, 1.82) is 0 Å². The van der Waals surface area contributed by atoms with Gasteiger partial charge in [0.25, 0.3) is 5.91 Å². The number of benzene rings is 2. The summed E-state index contributed by atoms with van der Waals surface area (Å²) in [5.41, 5.74) is 6.34. The molecule has 0 aliphatic carbocycles. The number of nitrogens with zero attached hydrogens (tertiary/aromatic N) is 1. The number of ether oxygens (including phenoxy) is 1. The van der Waals surface area contributed by atoms with E-state index >= 15 is 0 Å². The Morgan fingerprint density at radius 2 is 1.91 bits per heavy atom. The molecule has 4 nitrogen and oxygen atoms in total. The summed E-state index contributed by atoms with van der Waals surface area (Å²) in [6.45, 7) is 3.49. The molecule has 0 aromatic heterocycles. The summed E-state index contributed by atoms with van der Waals surface area (Å²) in [5, 5.41) is 0. The van der Waals surface area contributed by atoms with E-state index in [1.54, 1.807) is 50.2 Å². The zero-order valence-corrected chi connectivity index (χ0v) is 12.5. The number of amides is 1. The van der Waals surface area contributed by atoms with Crippen molar-refractivity contribution in [2.75, 3.05) is 10.6 Å². The Hall–Kier alpha value is -2.56. The number of nitrogens with two attached hydrogens (primary N) is 1. The van der Waals surface area contributed by atoms with Crippen molar-refractivity contribution in [2.45, 2.75) is 26.0 Å². The van der Waals surface area contributed by atoms with Crippen LogP contribution in [0.15, 0.2) is 42.5 Å². The number of hydrogen-bond donors (Lipinski definition) is 1. The number of para-hydroxylation sites is 1. The van der Waals surface area contributed by atoms with Crippen molar-refractivity contribution in [2.24, 2.45) is 0 Å². The third-order valence-corrected chi connectivity index (χ3v) is 3.71. The number of nitrogen functional groups attached to an aromatic ring is 1. The van der Waals surface area contributed by atoms with E-state index in [0.29, 0.717) is 22.7 Å². The van der Waals surface area contributed by atoms with Crippen molar-refractivity contribution in [3.05, 3.63) is 53.8 Å². The van der Waals surface area contributed by atoms with Gasteiger partial charge >= 0.3 is 0 Å². The van der Waals surface area contributed by atoms with Gasteiger partial charge < -0.3 is 10.5 Å². The van der Waals surface area contributed by atoms with Gasteiger partial charge in [0.2, 0.25) is 0 Å². The number of halogens is 1. The minimum atomic E-state index is -1.02. The fraction of sp³-hybridized carbons (Fsp3) is 0.235. The van der Waals surface area contributed by atoms with E-state index in [1.807, 2.05) is 0 Å². The van der Waals surface area contributed by atoms with Crippen LogP contribution in [0.25, 0.3) is 0 Å². The molecule has 2 N–H and O–H groups in total. The lowest BCUT2D eigenvalue weighted by molar-refractivity contribution is -0.132. The average molecular weight is 300 g/mol. The Balaban J connectivity index is 2.09. The third-order valence-electron chi connectivity index (χ3n) is 3.71. The molecule has 2 aromatic carbocycles. The van der Waals surface area contributed by atoms with E-state index in [4.69, 9.17) is 10.5 Å². The lowest BCUT2D eigenvalue weighted by Crippen LogP contribution is -2.52. The second-order valence-corrected chi connectivity index (χ2v) is 5.79. The van der Waals surface area contributed by atoms with Crippen LogP contribution in [0.4, 0.5) is 15.8 Å². The molecule has 1 aliphatic heterocycles. The fourth-order valence-corrected chi connectivity index (χ4v) is 2.60. The highest BCUT2D eigenvalue weighted by Gasteiger charge is 2.41. The summed E-state index contributed by atoms with van der Waals surface area (Å²) in [5.74, 6) is -0.0715. The van der Waals surface area contributed by atoms with Crippen LogP contribution in [0.5, 0.6) is 5.75 Å². The summed E-state index contributed by atoms with van der Waals surface area (Å²) >= 11 is 0. The Kier molecular flexibility index (Phi) is 3.28. The molecule has 1 amide bonds. The van der Waals surface area contributed by atoms with Gasteiger partial charge in [0, 0.05) is 5.56 Å². The van der Waals surface area contributed by atoms with Crippen LogP contribution in [0, 0.1) is 5.82 Å². The van der Waals surface area contributed by atoms with Gasteiger partial charge in [-0.2, -0.15) is 0 Å². The summed E-state index contributed by atoms with van der Waals surface area (Å²) in [6.07, 6.45) is 0. The van der Waals surface area contributed by atoms with Crippen molar-refractivity contribution in [3.63, 3.8) is 0 Å². The predicted octanol–water partition coefficient (Wildman–Crippen LogP) is 3.11.